The molecule has 2 aromatic rings. The molecular formula is C11H14N4. The Kier molecular flexibility index (Phi) is 2.78. The van der Waals surface area contributed by atoms with Crippen LogP contribution in [0.25, 0.3) is 11.4 Å². The van der Waals surface area contributed by atoms with Crippen molar-refractivity contribution in [3.05, 3.63) is 36.4 Å². The predicted molar refractivity (Wildman–Crippen MR) is 59.2 cm³/mol. The Morgan fingerprint density at radius 2 is 2.33 bits per heavy atom. The van der Waals surface area contributed by atoms with Gasteiger partial charge in [-0.25, -0.2) is 9.97 Å². The van der Waals surface area contributed by atoms with Crippen LogP contribution in [0.2, 0.25) is 0 Å². The van der Waals surface area contributed by atoms with Gasteiger partial charge in [0.25, 0.3) is 0 Å². The normalized spacial score (nSPS) is 12.7. The third-order valence-corrected chi connectivity index (χ3v) is 2.08. The van der Waals surface area contributed by atoms with Crippen LogP contribution in [0.15, 0.2) is 30.6 Å². The van der Waals surface area contributed by atoms with Gasteiger partial charge in [0.15, 0.2) is 0 Å². The van der Waals surface area contributed by atoms with Crippen LogP contribution in [0.5, 0.6) is 0 Å². The second-order valence-electron chi connectivity index (χ2n) is 3.62. The third kappa shape index (κ3) is 2.41. The number of aromatic amines is 1. The SMILES string of the molecule is CC(N)Cc1nccc(-c2ccc[nH]2)n1. The van der Waals surface area contributed by atoms with Crippen molar-refractivity contribution in [2.24, 2.45) is 5.73 Å². The number of hydrogen-bond acceptors (Lipinski definition) is 3. The van der Waals surface area contributed by atoms with Gasteiger partial charge in [0, 0.05) is 24.9 Å². The Bertz CT molecular complexity index is 420. The summed E-state index contributed by atoms with van der Waals surface area (Å²) < 4.78 is 0. The standard InChI is InChI=1S/C11H14N4/c1-8(12)7-11-14-6-4-10(15-11)9-3-2-5-13-9/h2-6,8,13H,7,12H2,1H3. The van der Waals surface area contributed by atoms with Gasteiger partial charge in [-0.05, 0) is 25.1 Å². The van der Waals surface area contributed by atoms with E-state index >= 15 is 0 Å². The van der Waals surface area contributed by atoms with Crippen molar-refractivity contribution in [2.75, 3.05) is 0 Å². The van der Waals surface area contributed by atoms with Crippen molar-refractivity contribution in [1.29, 1.82) is 0 Å². The smallest absolute Gasteiger partial charge is 0.130 e. The molecular weight excluding hydrogens is 188 g/mol. The Morgan fingerprint density at radius 1 is 1.47 bits per heavy atom. The van der Waals surface area contributed by atoms with Crippen LogP contribution in [0.4, 0.5) is 0 Å². The summed E-state index contributed by atoms with van der Waals surface area (Å²) in [4.78, 5) is 11.7. The van der Waals surface area contributed by atoms with Crippen LogP contribution < -0.4 is 5.73 Å². The molecule has 0 saturated carbocycles. The molecule has 0 spiro atoms. The highest BCUT2D eigenvalue weighted by molar-refractivity contribution is 5.53. The molecule has 1 atom stereocenters. The van der Waals surface area contributed by atoms with Crippen molar-refractivity contribution in [3.63, 3.8) is 0 Å². The fourth-order valence-corrected chi connectivity index (χ4v) is 1.43. The summed E-state index contributed by atoms with van der Waals surface area (Å²) in [5.41, 5.74) is 7.62. The van der Waals surface area contributed by atoms with Crippen LogP contribution in [-0.4, -0.2) is 21.0 Å². The van der Waals surface area contributed by atoms with Crippen molar-refractivity contribution >= 4 is 0 Å². The van der Waals surface area contributed by atoms with E-state index in [1.165, 1.54) is 0 Å². The lowest BCUT2D eigenvalue weighted by molar-refractivity contribution is 0.702. The molecule has 3 N–H and O–H groups in total. The molecule has 0 saturated heterocycles. The zero-order chi connectivity index (χ0) is 10.7. The summed E-state index contributed by atoms with van der Waals surface area (Å²) in [7, 11) is 0. The minimum absolute atomic E-state index is 0.0869. The van der Waals surface area contributed by atoms with Gasteiger partial charge in [-0.15, -0.1) is 0 Å². The first-order chi connectivity index (χ1) is 7.25. The molecule has 78 valence electrons. The Balaban J connectivity index is 2.27. The number of hydrogen-bond donors (Lipinski definition) is 2. The van der Waals surface area contributed by atoms with E-state index in [-0.39, 0.29) is 6.04 Å². The van der Waals surface area contributed by atoms with E-state index in [1.54, 1.807) is 6.20 Å². The average Bonchev–Trinajstić information content (AvgIpc) is 2.69. The minimum atomic E-state index is 0.0869. The maximum absolute atomic E-state index is 5.71. The first kappa shape index (κ1) is 9.86. The highest BCUT2D eigenvalue weighted by atomic mass is 14.9. The number of H-pyrrole nitrogens is 1. The van der Waals surface area contributed by atoms with Gasteiger partial charge in [-0.2, -0.15) is 0 Å². The first-order valence-electron chi connectivity index (χ1n) is 4.97. The van der Waals surface area contributed by atoms with E-state index in [0.717, 1.165) is 17.2 Å². The second kappa shape index (κ2) is 4.23. The molecule has 0 fully saturated rings. The van der Waals surface area contributed by atoms with E-state index in [4.69, 9.17) is 5.73 Å². The molecule has 4 nitrogen and oxygen atoms in total. The molecule has 0 radical (unpaired) electrons. The number of nitrogens with zero attached hydrogens (tertiary/aromatic N) is 2. The van der Waals surface area contributed by atoms with E-state index in [0.29, 0.717) is 6.42 Å². The van der Waals surface area contributed by atoms with Crippen LogP contribution in [0.3, 0.4) is 0 Å². The molecule has 0 aliphatic carbocycles. The number of nitrogens with two attached hydrogens (primary N) is 1. The largest absolute Gasteiger partial charge is 0.360 e. The molecule has 2 heterocycles. The van der Waals surface area contributed by atoms with Crippen LogP contribution in [0.1, 0.15) is 12.7 Å². The molecule has 1 unspecified atom stereocenters. The molecule has 2 aromatic heterocycles. The van der Waals surface area contributed by atoms with Gasteiger partial charge in [-0.3, -0.25) is 0 Å². The minimum Gasteiger partial charge on any atom is -0.360 e. The summed E-state index contributed by atoms with van der Waals surface area (Å²) in [6.07, 6.45) is 4.35. The van der Waals surface area contributed by atoms with Crippen LogP contribution in [0, 0.1) is 0 Å². The highest BCUT2D eigenvalue weighted by Gasteiger charge is 2.04. The van der Waals surface area contributed by atoms with Crippen LogP contribution >= 0.6 is 0 Å². The lowest BCUT2D eigenvalue weighted by Gasteiger charge is -2.04. The molecule has 15 heavy (non-hydrogen) atoms. The Hall–Kier alpha value is -1.68. The van der Waals surface area contributed by atoms with Crippen molar-refractivity contribution in [1.82, 2.24) is 15.0 Å². The molecule has 0 aromatic carbocycles. The molecule has 2 rings (SSSR count). The third-order valence-electron chi connectivity index (χ3n) is 2.08. The molecule has 0 bridgehead atoms. The predicted octanol–water partition coefficient (Wildman–Crippen LogP) is 1.36. The Morgan fingerprint density at radius 3 is 3.00 bits per heavy atom. The van der Waals surface area contributed by atoms with E-state index in [1.807, 2.05) is 31.3 Å². The number of nitrogens with one attached hydrogen (secondary N) is 1. The van der Waals surface area contributed by atoms with E-state index in [9.17, 15) is 0 Å². The number of aromatic nitrogens is 3. The van der Waals surface area contributed by atoms with Crippen molar-refractivity contribution in [2.45, 2.75) is 19.4 Å². The number of rotatable bonds is 3. The van der Waals surface area contributed by atoms with Gasteiger partial charge in [0.1, 0.15) is 5.82 Å². The molecule has 0 amide bonds. The Labute approximate surface area is 88.6 Å². The maximum atomic E-state index is 5.71. The van der Waals surface area contributed by atoms with Gasteiger partial charge in [0.05, 0.1) is 11.4 Å². The average molecular weight is 202 g/mol. The van der Waals surface area contributed by atoms with Gasteiger partial charge in [-0.1, -0.05) is 0 Å². The monoisotopic (exact) mass is 202 g/mol. The zero-order valence-electron chi connectivity index (χ0n) is 8.64. The first-order valence-corrected chi connectivity index (χ1v) is 4.97. The molecule has 0 aliphatic heterocycles. The lowest BCUT2D eigenvalue weighted by Crippen LogP contribution is -2.19. The molecule has 4 heteroatoms. The lowest BCUT2D eigenvalue weighted by atomic mass is 10.2. The quantitative estimate of drug-likeness (QED) is 0.789. The fourth-order valence-electron chi connectivity index (χ4n) is 1.43. The maximum Gasteiger partial charge on any atom is 0.130 e. The van der Waals surface area contributed by atoms with Crippen LogP contribution in [-0.2, 0) is 6.42 Å². The van der Waals surface area contributed by atoms with Gasteiger partial charge in [0.2, 0.25) is 0 Å². The summed E-state index contributed by atoms with van der Waals surface area (Å²) in [5.74, 6) is 0.789. The summed E-state index contributed by atoms with van der Waals surface area (Å²) in [5, 5.41) is 0. The summed E-state index contributed by atoms with van der Waals surface area (Å²) in [6.45, 7) is 1.95. The van der Waals surface area contributed by atoms with Gasteiger partial charge < -0.3 is 10.7 Å². The fraction of sp³-hybridized carbons (Fsp3) is 0.273. The van der Waals surface area contributed by atoms with E-state index < -0.39 is 0 Å². The van der Waals surface area contributed by atoms with Crippen molar-refractivity contribution in [3.8, 4) is 11.4 Å². The molecule has 0 aliphatic rings. The topological polar surface area (TPSA) is 67.6 Å². The highest BCUT2D eigenvalue weighted by Crippen LogP contribution is 2.13. The van der Waals surface area contributed by atoms with E-state index in [2.05, 4.69) is 15.0 Å². The van der Waals surface area contributed by atoms with Crippen molar-refractivity contribution < 1.29 is 0 Å². The summed E-state index contributed by atoms with van der Waals surface area (Å²) in [6, 6.07) is 5.90. The second-order valence-corrected chi connectivity index (χ2v) is 3.62. The summed E-state index contributed by atoms with van der Waals surface area (Å²) >= 11 is 0. The van der Waals surface area contributed by atoms with Gasteiger partial charge >= 0.3 is 0 Å². The zero-order valence-corrected chi connectivity index (χ0v) is 8.64.